The number of nitrogens with zero attached hydrogens (tertiary/aromatic N) is 1. The van der Waals surface area contributed by atoms with Crippen molar-refractivity contribution in [2.24, 2.45) is 0 Å². The van der Waals surface area contributed by atoms with E-state index in [2.05, 4.69) is 21.2 Å². The maximum Gasteiger partial charge on any atom is 0.266 e. The van der Waals surface area contributed by atoms with Crippen LogP contribution in [0.4, 0.5) is 5.69 Å². The van der Waals surface area contributed by atoms with Crippen LogP contribution in [0.1, 0.15) is 24.5 Å². The van der Waals surface area contributed by atoms with Gasteiger partial charge >= 0.3 is 0 Å². The number of amides is 1. The van der Waals surface area contributed by atoms with Gasteiger partial charge in [-0.1, -0.05) is 19.1 Å². The minimum Gasteiger partial charge on any atom is -0.493 e. The third-order valence-corrected chi connectivity index (χ3v) is 4.24. The Morgan fingerprint density at radius 1 is 1.33 bits per heavy atom. The molecule has 0 radical (unpaired) electrons. The number of hydrogen-bond acceptors (Lipinski definition) is 4. The minimum atomic E-state index is -0.468. The highest BCUT2D eigenvalue weighted by Crippen LogP contribution is 2.37. The molecule has 0 aromatic heterocycles. The summed E-state index contributed by atoms with van der Waals surface area (Å²) in [7, 11) is 1.55. The fourth-order valence-electron chi connectivity index (χ4n) is 2.40. The second-order valence-corrected chi connectivity index (χ2v) is 6.73. The van der Waals surface area contributed by atoms with E-state index in [9.17, 15) is 10.1 Å². The van der Waals surface area contributed by atoms with Gasteiger partial charge in [-0.3, -0.25) is 4.79 Å². The third-order valence-electron chi connectivity index (χ3n) is 3.65. The summed E-state index contributed by atoms with van der Waals surface area (Å²) in [5, 5.41) is 12.1. The number of carbonyl (C=O) groups excluding carboxylic acids is 1. The summed E-state index contributed by atoms with van der Waals surface area (Å²) < 4.78 is 11.8. The Morgan fingerprint density at radius 3 is 2.74 bits per heavy atom. The molecule has 0 aliphatic heterocycles. The average molecular weight is 429 g/mol. The van der Waals surface area contributed by atoms with Gasteiger partial charge in [-0.25, -0.2) is 0 Å². The summed E-state index contributed by atoms with van der Waals surface area (Å²) in [4.78, 5) is 12.4. The first-order valence-electron chi connectivity index (χ1n) is 8.48. The molecule has 1 amide bonds. The Morgan fingerprint density at radius 2 is 2.11 bits per heavy atom. The van der Waals surface area contributed by atoms with E-state index in [1.165, 1.54) is 6.08 Å². The number of methoxy groups -OCH3 is 1. The van der Waals surface area contributed by atoms with Gasteiger partial charge in [-0.15, -0.1) is 0 Å². The standard InChI is InChI=1S/C21H21BrN2O3/c1-4-8-27-20-18(22)11-15(12-19(20)26-3)10-16(13-23)21(25)24-17-7-5-6-14(2)9-17/h5-7,9-12H,4,8H2,1-3H3,(H,24,25)/b16-10-. The van der Waals surface area contributed by atoms with Crippen molar-refractivity contribution in [3.8, 4) is 17.6 Å². The molecular formula is C21H21BrN2O3. The summed E-state index contributed by atoms with van der Waals surface area (Å²) in [6.07, 6.45) is 2.39. The lowest BCUT2D eigenvalue weighted by molar-refractivity contribution is -0.112. The van der Waals surface area contributed by atoms with Crippen LogP contribution in [0.15, 0.2) is 46.4 Å². The molecule has 2 aromatic rings. The van der Waals surface area contributed by atoms with Gasteiger partial charge < -0.3 is 14.8 Å². The lowest BCUT2D eigenvalue weighted by atomic mass is 10.1. The molecule has 1 N–H and O–H groups in total. The molecule has 6 heteroatoms. The quantitative estimate of drug-likeness (QED) is 0.491. The van der Waals surface area contributed by atoms with Crippen molar-refractivity contribution < 1.29 is 14.3 Å². The van der Waals surface area contributed by atoms with Crippen LogP contribution in [0.3, 0.4) is 0 Å². The molecule has 0 fully saturated rings. The fourth-order valence-corrected chi connectivity index (χ4v) is 2.98. The van der Waals surface area contributed by atoms with E-state index in [4.69, 9.17) is 9.47 Å². The fraction of sp³-hybridized carbons (Fsp3) is 0.238. The van der Waals surface area contributed by atoms with Crippen LogP contribution in [-0.2, 0) is 4.79 Å². The highest BCUT2D eigenvalue weighted by Gasteiger charge is 2.14. The van der Waals surface area contributed by atoms with Gasteiger partial charge in [0, 0.05) is 5.69 Å². The predicted molar refractivity (Wildman–Crippen MR) is 110 cm³/mol. The largest absolute Gasteiger partial charge is 0.493 e. The Balaban J connectivity index is 2.30. The maximum absolute atomic E-state index is 12.4. The lowest BCUT2D eigenvalue weighted by Crippen LogP contribution is -2.13. The number of ether oxygens (including phenoxy) is 2. The zero-order chi connectivity index (χ0) is 19.8. The van der Waals surface area contributed by atoms with Gasteiger partial charge in [-0.2, -0.15) is 5.26 Å². The highest BCUT2D eigenvalue weighted by atomic mass is 79.9. The van der Waals surface area contributed by atoms with E-state index in [0.29, 0.717) is 33.8 Å². The molecule has 0 heterocycles. The van der Waals surface area contributed by atoms with E-state index in [-0.39, 0.29) is 5.57 Å². The molecule has 0 saturated carbocycles. The monoisotopic (exact) mass is 428 g/mol. The molecule has 2 aromatic carbocycles. The average Bonchev–Trinajstić information content (AvgIpc) is 2.64. The molecule has 0 aliphatic rings. The van der Waals surface area contributed by atoms with Crippen LogP contribution in [0.25, 0.3) is 6.08 Å². The number of hydrogen-bond donors (Lipinski definition) is 1. The van der Waals surface area contributed by atoms with Crippen molar-refractivity contribution in [3.63, 3.8) is 0 Å². The molecule has 0 bridgehead atoms. The van der Waals surface area contributed by atoms with E-state index < -0.39 is 5.91 Å². The normalized spacial score (nSPS) is 10.9. The number of nitrogens with one attached hydrogen (secondary N) is 1. The minimum absolute atomic E-state index is 0.00677. The Hall–Kier alpha value is -2.78. The van der Waals surface area contributed by atoms with Crippen LogP contribution in [0, 0.1) is 18.3 Å². The van der Waals surface area contributed by atoms with Crippen LogP contribution >= 0.6 is 15.9 Å². The number of aryl methyl sites for hydroxylation is 1. The van der Waals surface area contributed by atoms with Crippen LogP contribution < -0.4 is 14.8 Å². The maximum atomic E-state index is 12.4. The van der Waals surface area contributed by atoms with Crippen LogP contribution in [0.2, 0.25) is 0 Å². The molecule has 27 heavy (non-hydrogen) atoms. The van der Waals surface area contributed by atoms with Gasteiger partial charge in [0.25, 0.3) is 5.91 Å². The first-order valence-corrected chi connectivity index (χ1v) is 9.28. The molecule has 140 valence electrons. The second-order valence-electron chi connectivity index (χ2n) is 5.88. The summed E-state index contributed by atoms with van der Waals surface area (Å²) >= 11 is 3.46. The molecule has 5 nitrogen and oxygen atoms in total. The molecule has 2 rings (SSSR count). The van der Waals surface area contributed by atoms with Gasteiger partial charge in [0.1, 0.15) is 11.6 Å². The second kappa shape index (κ2) is 9.79. The molecule has 0 atom stereocenters. The Bertz CT molecular complexity index is 901. The smallest absolute Gasteiger partial charge is 0.266 e. The number of rotatable bonds is 7. The first-order chi connectivity index (χ1) is 13.0. The third kappa shape index (κ3) is 5.60. The van der Waals surface area contributed by atoms with Crippen molar-refractivity contribution in [2.45, 2.75) is 20.3 Å². The summed E-state index contributed by atoms with van der Waals surface area (Å²) in [6.45, 7) is 4.51. The number of anilines is 1. The first kappa shape index (κ1) is 20.5. The zero-order valence-corrected chi connectivity index (χ0v) is 17.1. The van der Waals surface area contributed by atoms with Crippen molar-refractivity contribution >= 4 is 33.6 Å². The SMILES string of the molecule is CCCOc1c(Br)cc(/C=C(/C#N)C(=O)Nc2cccc(C)c2)cc1OC. The number of halogens is 1. The molecule has 0 aliphatic carbocycles. The van der Waals surface area contributed by atoms with Gasteiger partial charge in [0.2, 0.25) is 0 Å². The number of nitriles is 1. The van der Waals surface area contributed by atoms with Gasteiger partial charge in [0.05, 0.1) is 18.2 Å². The summed E-state index contributed by atoms with van der Waals surface area (Å²) in [5.74, 6) is 0.657. The number of carbonyl (C=O) groups is 1. The summed E-state index contributed by atoms with van der Waals surface area (Å²) in [5.41, 5.74) is 2.31. The van der Waals surface area contributed by atoms with Gasteiger partial charge in [-0.05, 0) is 70.7 Å². The number of benzene rings is 2. The molecular weight excluding hydrogens is 408 g/mol. The molecule has 0 saturated heterocycles. The highest BCUT2D eigenvalue weighted by molar-refractivity contribution is 9.10. The van der Waals surface area contributed by atoms with E-state index in [1.807, 2.05) is 38.1 Å². The van der Waals surface area contributed by atoms with Crippen LogP contribution in [-0.4, -0.2) is 19.6 Å². The van der Waals surface area contributed by atoms with Crippen molar-refractivity contribution in [2.75, 3.05) is 19.0 Å². The van der Waals surface area contributed by atoms with Crippen molar-refractivity contribution in [1.82, 2.24) is 0 Å². The topological polar surface area (TPSA) is 71.3 Å². The Kier molecular flexibility index (Phi) is 7.44. The molecule has 0 spiro atoms. The van der Waals surface area contributed by atoms with Gasteiger partial charge in [0.15, 0.2) is 11.5 Å². The van der Waals surface area contributed by atoms with Crippen molar-refractivity contribution in [1.29, 1.82) is 5.26 Å². The van der Waals surface area contributed by atoms with E-state index in [1.54, 1.807) is 25.3 Å². The lowest BCUT2D eigenvalue weighted by Gasteiger charge is -2.13. The summed E-state index contributed by atoms with van der Waals surface area (Å²) in [6, 6.07) is 12.9. The van der Waals surface area contributed by atoms with E-state index in [0.717, 1.165) is 12.0 Å². The van der Waals surface area contributed by atoms with E-state index >= 15 is 0 Å². The van der Waals surface area contributed by atoms with Crippen molar-refractivity contribution in [3.05, 3.63) is 57.6 Å². The Labute approximate surface area is 167 Å². The predicted octanol–water partition coefficient (Wildman–Crippen LogP) is 5.10. The zero-order valence-electron chi connectivity index (χ0n) is 15.5. The van der Waals surface area contributed by atoms with Crippen LogP contribution in [0.5, 0.6) is 11.5 Å². The molecule has 0 unspecified atom stereocenters.